The first-order chi connectivity index (χ1) is 12.3. The van der Waals surface area contributed by atoms with Gasteiger partial charge in [0.2, 0.25) is 0 Å². The summed E-state index contributed by atoms with van der Waals surface area (Å²) in [6.45, 7) is 6.76. The van der Waals surface area contributed by atoms with Crippen LogP contribution >= 0.6 is 0 Å². The van der Waals surface area contributed by atoms with Crippen molar-refractivity contribution in [3.05, 3.63) is 23.8 Å². The summed E-state index contributed by atoms with van der Waals surface area (Å²) in [4.78, 5) is 12.8. The minimum absolute atomic E-state index is 0.0137. The van der Waals surface area contributed by atoms with E-state index >= 15 is 0 Å². The number of rotatable bonds is 7. The molecule has 0 aromatic heterocycles. The smallest absolute Gasteiger partial charge is 0.252 e. The number of aliphatic hydroxyl groups is 1. The Morgan fingerprint density at radius 3 is 2.58 bits per heavy atom. The van der Waals surface area contributed by atoms with Crippen LogP contribution in [0.1, 0.15) is 45.6 Å². The fraction of sp³-hybridized carbons (Fsp3) is 0.667. The van der Waals surface area contributed by atoms with Crippen molar-refractivity contribution >= 4 is 5.91 Å². The van der Waals surface area contributed by atoms with Crippen molar-refractivity contribution in [2.45, 2.75) is 52.1 Å². The van der Waals surface area contributed by atoms with E-state index in [0.29, 0.717) is 36.8 Å². The Labute approximate surface area is 157 Å². The third-order valence-corrected chi connectivity index (χ3v) is 5.59. The first-order valence-corrected chi connectivity index (χ1v) is 9.53. The van der Waals surface area contributed by atoms with Gasteiger partial charge in [-0.25, -0.2) is 0 Å². The summed E-state index contributed by atoms with van der Waals surface area (Å²) >= 11 is 0. The van der Waals surface area contributed by atoms with Crippen LogP contribution in [0.25, 0.3) is 0 Å². The normalized spacial score (nSPS) is 25.8. The summed E-state index contributed by atoms with van der Waals surface area (Å²) in [6, 6.07) is 5.74. The van der Waals surface area contributed by atoms with Crippen LogP contribution in [-0.4, -0.2) is 37.4 Å². The molecule has 5 nitrogen and oxygen atoms in total. The highest BCUT2D eigenvalue weighted by molar-refractivity contribution is 5.85. The first-order valence-electron chi connectivity index (χ1n) is 9.53. The third-order valence-electron chi connectivity index (χ3n) is 5.59. The lowest BCUT2D eigenvalue weighted by molar-refractivity contribution is -0.155. The second-order valence-electron chi connectivity index (χ2n) is 7.86. The molecule has 26 heavy (non-hydrogen) atoms. The van der Waals surface area contributed by atoms with Crippen molar-refractivity contribution in [3.8, 4) is 11.5 Å². The molecule has 0 radical (unpaired) electrons. The van der Waals surface area contributed by atoms with Gasteiger partial charge in [-0.15, -0.1) is 0 Å². The van der Waals surface area contributed by atoms with Gasteiger partial charge in [-0.05, 0) is 54.7 Å². The highest BCUT2D eigenvalue weighted by atomic mass is 16.5. The SMILES string of the molecule is COc1ccc(CCNC(=O)[C@]2(O)C[C@H](C)CC[C@H]2C(C)C)cc1OC. The molecule has 1 fully saturated rings. The molecule has 1 aromatic carbocycles. The maximum absolute atomic E-state index is 12.8. The number of hydrogen-bond acceptors (Lipinski definition) is 4. The molecular weight excluding hydrogens is 330 g/mol. The third kappa shape index (κ3) is 4.50. The van der Waals surface area contributed by atoms with E-state index < -0.39 is 5.60 Å². The predicted molar refractivity (Wildman–Crippen MR) is 103 cm³/mol. The summed E-state index contributed by atoms with van der Waals surface area (Å²) in [5.74, 6) is 1.79. The maximum atomic E-state index is 12.8. The molecule has 0 spiro atoms. The quantitative estimate of drug-likeness (QED) is 0.781. The predicted octanol–water partition coefficient (Wildman–Crippen LogP) is 3.19. The van der Waals surface area contributed by atoms with Gasteiger partial charge in [0.25, 0.3) is 5.91 Å². The summed E-state index contributed by atoms with van der Waals surface area (Å²) in [6.07, 6.45) is 3.19. The van der Waals surface area contributed by atoms with Gasteiger partial charge in [-0.2, -0.15) is 0 Å². The molecule has 1 saturated carbocycles. The van der Waals surface area contributed by atoms with E-state index in [1.807, 2.05) is 18.2 Å². The summed E-state index contributed by atoms with van der Waals surface area (Å²) in [5.41, 5.74) is -0.212. The highest BCUT2D eigenvalue weighted by Gasteiger charge is 2.48. The molecule has 0 bridgehead atoms. The van der Waals surface area contributed by atoms with Crippen LogP contribution in [0, 0.1) is 17.8 Å². The van der Waals surface area contributed by atoms with Crippen molar-refractivity contribution in [1.82, 2.24) is 5.32 Å². The molecule has 0 unspecified atom stereocenters. The average Bonchev–Trinajstić information content (AvgIpc) is 2.60. The summed E-state index contributed by atoms with van der Waals surface area (Å²) in [5, 5.41) is 14.1. The van der Waals surface area contributed by atoms with Crippen molar-refractivity contribution in [2.24, 2.45) is 17.8 Å². The van der Waals surface area contributed by atoms with Crippen LogP contribution in [0.3, 0.4) is 0 Å². The van der Waals surface area contributed by atoms with E-state index in [4.69, 9.17) is 9.47 Å². The fourth-order valence-corrected chi connectivity index (χ4v) is 4.14. The molecule has 0 saturated heterocycles. The molecule has 5 heteroatoms. The van der Waals surface area contributed by atoms with Crippen molar-refractivity contribution in [3.63, 3.8) is 0 Å². The Balaban J connectivity index is 1.99. The number of benzene rings is 1. The van der Waals surface area contributed by atoms with Crippen molar-refractivity contribution in [1.29, 1.82) is 0 Å². The second-order valence-corrected chi connectivity index (χ2v) is 7.86. The van der Waals surface area contributed by atoms with Gasteiger partial charge in [0.05, 0.1) is 14.2 Å². The van der Waals surface area contributed by atoms with Crippen LogP contribution in [0.5, 0.6) is 11.5 Å². The lowest BCUT2D eigenvalue weighted by atomic mass is 9.66. The highest BCUT2D eigenvalue weighted by Crippen LogP contribution is 2.41. The molecule has 1 aromatic rings. The number of carbonyl (C=O) groups is 1. The Bertz CT molecular complexity index is 616. The standard InChI is InChI=1S/C21H33NO4/c1-14(2)17-8-6-15(3)13-21(17,24)20(23)22-11-10-16-7-9-18(25-4)19(12-16)26-5/h7,9,12,14-15,17,24H,6,8,10-11,13H2,1-5H3,(H,22,23)/t15-,17+,21+/m1/s1. The number of nitrogens with one attached hydrogen (secondary N) is 1. The topological polar surface area (TPSA) is 67.8 Å². The van der Waals surface area contributed by atoms with E-state index in [2.05, 4.69) is 26.1 Å². The van der Waals surface area contributed by atoms with Gasteiger partial charge in [0, 0.05) is 6.54 Å². The molecule has 146 valence electrons. The van der Waals surface area contributed by atoms with Gasteiger partial charge >= 0.3 is 0 Å². The van der Waals surface area contributed by atoms with E-state index in [9.17, 15) is 9.90 Å². The maximum Gasteiger partial charge on any atom is 0.252 e. The minimum atomic E-state index is -1.26. The van der Waals surface area contributed by atoms with Crippen LogP contribution in [-0.2, 0) is 11.2 Å². The lowest BCUT2D eigenvalue weighted by Gasteiger charge is -2.43. The van der Waals surface area contributed by atoms with E-state index in [-0.39, 0.29) is 17.7 Å². The largest absolute Gasteiger partial charge is 0.493 e. The number of amides is 1. The Morgan fingerprint density at radius 2 is 1.96 bits per heavy atom. The van der Waals surface area contributed by atoms with Crippen LogP contribution in [0.4, 0.5) is 0 Å². The second kappa shape index (κ2) is 8.76. The van der Waals surface area contributed by atoms with Gasteiger partial charge in [0.1, 0.15) is 5.60 Å². The molecule has 2 N–H and O–H groups in total. The van der Waals surface area contributed by atoms with Gasteiger partial charge < -0.3 is 19.9 Å². The molecule has 2 rings (SSSR count). The summed E-state index contributed by atoms with van der Waals surface area (Å²) < 4.78 is 10.6. The molecular formula is C21H33NO4. The first kappa shape index (κ1) is 20.6. The zero-order valence-electron chi connectivity index (χ0n) is 16.7. The number of carbonyl (C=O) groups excluding carboxylic acids is 1. The monoisotopic (exact) mass is 363 g/mol. The molecule has 1 aliphatic rings. The Hall–Kier alpha value is -1.75. The lowest BCUT2D eigenvalue weighted by Crippen LogP contribution is -2.56. The average molecular weight is 363 g/mol. The molecule has 1 amide bonds. The summed E-state index contributed by atoms with van der Waals surface area (Å²) in [7, 11) is 3.21. The van der Waals surface area contributed by atoms with Crippen LogP contribution in [0.15, 0.2) is 18.2 Å². The van der Waals surface area contributed by atoms with Gasteiger partial charge in [-0.1, -0.05) is 33.3 Å². The Kier molecular flexibility index (Phi) is 6.93. The van der Waals surface area contributed by atoms with Crippen molar-refractivity contribution < 1.29 is 19.4 Å². The number of methoxy groups -OCH3 is 2. The molecule has 3 atom stereocenters. The zero-order chi connectivity index (χ0) is 19.3. The Morgan fingerprint density at radius 1 is 1.27 bits per heavy atom. The zero-order valence-corrected chi connectivity index (χ0v) is 16.7. The molecule has 1 aliphatic carbocycles. The molecule has 0 heterocycles. The van der Waals surface area contributed by atoms with Crippen LogP contribution in [0.2, 0.25) is 0 Å². The van der Waals surface area contributed by atoms with Gasteiger partial charge in [-0.3, -0.25) is 4.79 Å². The van der Waals surface area contributed by atoms with E-state index in [0.717, 1.165) is 18.4 Å². The number of ether oxygens (including phenoxy) is 2. The molecule has 0 aliphatic heterocycles. The van der Waals surface area contributed by atoms with E-state index in [1.165, 1.54) is 0 Å². The number of hydrogen-bond donors (Lipinski definition) is 2. The minimum Gasteiger partial charge on any atom is -0.493 e. The fourth-order valence-electron chi connectivity index (χ4n) is 4.14. The van der Waals surface area contributed by atoms with E-state index in [1.54, 1.807) is 14.2 Å². The van der Waals surface area contributed by atoms with Crippen molar-refractivity contribution in [2.75, 3.05) is 20.8 Å². The van der Waals surface area contributed by atoms with Gasteiger partial charge in [0.15, 0.2) is 11.5 Å². The van der Waals surface area contributed by atoms with Crippen LogP contribution < -0.4 is 14.8 Å².